The van der Waals surface area contributed by atoms with E-state index in [-0.39, 0.29) is 42.2 Å². The highest BCUT2D eigenvalue weighted by atomic mass is 35.5. The Kier molecular flexibility index (Phi) is 11.4. The highest BCUT2D eigenvalue weighted by Gasteiger charge is 2.34. The number of benzene rings is 1. The molecule has 2 N–H and O–H groups in total. The summed E-state index contributed by atoms with van der Waals surface area (Å²) in [6.07, 6.45) is 2.04. The Morgan fingerprint density at radius 2 is 1.88 bits per heavy atom. The van der Waals surface area contributed by atoms with E-state index in [2.05, 4.69) is 60.6 Å². The van der Waals surface area contributed by atoms with Gasteiger partial charge in [-0.1, -0.05) is 44.2 Å². The molecule has 0 bridgehead atoms. The number of rotatable bonds is 7. The van der Waals surface area contributed by atoms with Crippen molar-refractivity contribution in [3.8, 4) is 0 Å². The molecule has 1 fully saturated rings. The highest BCUT2D eigenvalue weighted by Crippen LogP contribution is 2.26. The molecule has 2 unspecified atom stereocenters. The molecule has 0 spiro atoms. The standard InChI is InChI=1S/C19H31N3O.2ClH/c1-4-22(5-2)17(16-10-7-6-8-11-16)14-21-18(23)19(3)12-9-13-20-15-19;;/h6-8,10-11,17,20H,4-5,9,12-15H2,1-3H3,(H,21,23);2*1H. The molecule has 1 saturated heterocycles. The fraction of sp³-hybridized carbons (Fsp3) is 0.632. The second-order valence-electron chi connectivity index (χ2n) is 6.70. The molecule has 25 heavy (non-hydrogen) atoms. The zero-order valence-corrected chi connectivity index (χ0v) is 17.2. The fourth-order valence-corrected chi connectivity index (χ4v) is 3.45. The Morgan fingerprint density at radius 1 is 1.24 bits per heavy atom. The van der Waals surface area contributed by atoms with Crippen molar-refractivity contribution in [2.45, 2.75) is 39.7 Å². The van der Waals surface area contributed by atoms with Crippen LogP contribution in [0.3, 0.4) is 0 Å². The number of nitrogens with zero attached hydrogens (tertiary/aromatic N) is 1. The number of piperidine rings is 1. The number of halogens is 2. The van der Waals surface area contributed by atoms with E-state index in [4.69, 9.17) is 0 Å². The van der Waals surface area contributed by atoms with Crippen molar-refractivity contribution in [2.75, 3.05) is 32.7 Å². The minimum Gasteiger partial charge on any atom is -0.354 e. The van der Waals surface area contributed by atoms with E-state index in [1.54, 1.807) is 0 Å². The minimum atomic E-state index is -0.275. The fourth-order valence-electron chi connectivity index (χ4n) is 3.45. The first kappa shape index (κ1) is 24.2. The summed E-state index contributed by atoms with van der Waals surface area (Å²) in [7, 11) is 0. The Balaban J connectivity index is 0.00000288. The third-order valence-electron chi connectivity index (χ3n) is 5.04. The van der Waals surface area contributed by atoms with Crippen molar-refractivity contribution < 1.29 is 4.79 Å². The molecule has 1 amide bonds. The van der Waals surface area contributed by atoms with Gasteiger partial charge in [0.15, 0.2) is 0 Å². The number of carbonyl (C=O) groups excluding carboxylic acids is 1. The van der Waals surface area contributed by atoms with Crippen LogP contribution >= 0.6 is 24.8 Å². The average molecular weight is 390 g/mol. The van der Waals surface area contributed by atoms with Gasteiger partial charge in [-0.15, -0.1) is 24.8 Å². The van der Waals surface area contributed by atoms with Crippen molar-refractivity contribution in [2.24, 2.45) is 5.41 Å². The topological polar surface area (TPSA) is 44.4 Å². The molecule has 1 aliphatic heterocycles. The lowest BCUT2D eigenvalue weighted by atomic mass is 9.82. The van der Waals surface area contributed by atoms with Crippen LogP contribution in [0.2, 0.25) is 0 Å². The maximum atomic E-state index is 12.7. The second kappa shape index (κ2) is 11.7. The van der Waals surface area contributed by atoms with Gasteiger partial charge in [0.2, 0.25) is 5.91 Å². The zero-order valence-electron chi connectivity index (χ0n) is 15.6. The van der Waals surface area contributed by atoms with Gasteiger partial charge >= 0.3 is 0 Å². The lowest BCUT2D eigenvalue weighted by molar-refractivity contribution is -0.131. The molecule has 0 aromatic heterocycles. The lowest BCUT2D eigenvalue weighted by Gasteiger charge is -2.35. The lowest BCUT2D eigenvalue weighted by Crippen LogP contribution is -2.50. The van der Waals surface area contributed by atoms with Gasteiger partial charge in [-0.25, -0.2) is 0 Å². The van der Waals surface area contributed by atoms with Crippen LogP contribution in [0.25, 0.3) is 0 Å². The van der Waals surface area contributed by atoms with E-state index in [1.807, 2.05) is 6.07 Å². The Morgan fingerprint density at radius 3 is 2.40 bits per heavy atom. The summed E-state index contributed by atoms with van der Waals surface area (Å²) in [5.74, 6) is 0.179. The summed E-state index contributed by atoms with van der Waals surface area (Å²) >= 11 is 0. The predicted octanol–water partition coefficient (Wildman–Crippen LogP) is 3.42. The van der Waals surface area contributed by atoms with Gasteiger partial charge in [0.25, 0.3) is 0 Å². The number of likely N-dealkylation sites (N-methyl/N-ethyl adjacent to an activating group) is 1. The van der Waals surface area contributed by atoms with Crippen molar-refractivity contribution in [3.05, 3.63) is 35.9 Å². The monoisotopic (exact) mass is 389 g/mol. The van der Waals surface area contributed by atoms with Gasteiger partial charge < -0.3 is 10.6 Å². The van der Waals surface area contributed by atoms with Gasteiger partial charge in [0, 0.05) is 13.1 Å². The average Bonchev–Trinajstić information content (AvgIpc) is 2.59. The predicted molar refractivity (Wildman–Crippen MR) is 110 cm³/mol. The van der Waals surface area contributed by atoms with Crippen LogP contribution in [-0.4, -0.2) is 43.5 Å². The maximum Gasteiger partial charge on any atom is 0.227 e. The molecule has 6 heteroatoms. The van der Waals surface area contributed by atoms with Crippen molar-refractivity contribution in [1.29, 1.82) is 0 Å². The molecule has 1 heterocycles. The van der Waals surface area contributed by atoms with Gasteiger partial charge in [-0.2, -0.15) is 0 Å². The summed E-state index contributed by atoms with van der Waals surface area (Å²) in [5, 5.41) is 6.57. The van der Waals surface area contributed by atoms with E-state index in [0.29, 0.717) is 6.54 Å². The van der Waals surface area contributed by atoms with Crippen molar-refractivity contribution >= 4 is 30.7 Å². The molecule has 0 aliphatic carbocycles. The first-order chi connectivity index (χ1) is 11.1. The van der Waals surface area contributed by atoms with Crippen LogP contribution in [-0.2, 0) is 4.79 Å². The SMILES string of the molecule is CCN(CC)C(CNC(=O)C1(C)CCCNC1)c1ccccc1.Cl.Cl. The van der Waals surface area contributed by atoms with E-state index >= 15 is 0 Å². The summed E-state index contributed by atoms with van der Waals surface area (Å²) in [6.45, 7) is 10.8. The third kappa shape index (κ3) is 6.45. The second-order valence-corrected chi connectivity index (χ2v) is 6.70. The van der Waals surface area contributed by atoms with E-state index < -0.39 is 0 Å². The third-order valence-corrected chi connectivity index (χ3v) is 5.04. The first-order valence-electron chi connectivity index (χ1n) is 8.88. The Labute approximate surface area is 164 Å². The molecule has 1 aromatic rings. The summed E-state index contributed by atoms with van der Waals surface area (Å²) in [6, 6.07) is 10.7. The van der Waals surface area contributed by atoms with Gasteiger partial charge in [-0.3, -0.25) is 9.69 Å². The molecule has 2 rings (SSSR count). The summed E-state index contributed by atoms with van der Waals surface area (Å²) in [5.41, 5.74) is 0.992. The summed E-state index contributed by atoms with van der Waals surface area (Å²) in [4.78, 5) is 15.1. The van der Waals surface area contributed by atoms with Crippen LogP contribution in [0.15, 0.2) is 30.3 Å². The highest BCUT2D eigenvalue weighted by molar-refractivity contribution is 5.85. The van der Waals surface area contributed by atoms with E-state index in [9.17, 15) is 4.79 Å². The number of nitrogens with one attached hydrogen (secondary N) is 2. The number of hydrogen-bond acceptors (Lipinski definition) is 3. The largest absolute Gasteiger partial charge is 0.354 e. The maximum absolute atomic E-state index is 12.7. The molecule has 1 aromatic carbocycles. The van der Waals surface area contributed by atoms with Crippen molar-refractivity contribution in [3.63, 3.8) is 0 Å². The van der Waals surface area contributed by atoms with Crippen LogP contribution in [0.1, 0.15) is 45.2 Å². The Hall–Kier alpha value is -0.810. The number of hydrogen-bond donors (Lipinski definition) is 2. The Bertz CT molecular complexity index is 489. The van der Waals surface area contributed by atoms with Crippen molar-refractivity contribution in [1.82, 2.24) is 15.5 Å². The minimum absolute atomic E-state index is 0. The number of carbonyl (C=O) groups is 1. The van der Waals surface area contributed by atoms with Crippen LogP contribution in [0.5, 0.6) is 0 Å². The van der Waals surface area contributed by atoms with Gasteiger partial charge in [0.05, 0.1) is 11.5 Å². The van der Waals surface area contributed by atoms with Crippen LogP contribution in [0.4, 0.5) is 0 Å². The quantitative estimate of drug-likeness (QED) is 0.750. The molecule has 0 radical (unpaired) electrons. The molecular weight excluding hydrogens is 357 g/mol. The molecule has 1 aliphatic rings. The molecular formula is C19H33Cl2N3O. The number of amides is 1. The molecule has 144 valence electrons. The van der Waals surface area contributed by atoms with Gasteiger partial charge in [-0.05, 0) is 45.0 Å². The molecule has 2 atom stereocenters. The normalized spacial score (nSPS) is 21.0. The first-order valence-corrected chi connectivity index (χ1v) is 8.88. The van der Waals surface area contributed by atoms with E-state index in [1.165, 1.54) is 5.56 Å². The van der Waals surface area contributed by atoms with Crippen LogP contribution in [0, 0.1) is 5.41 Å². The summed E-state index contributed by atoms with van der Waals surface area (Å²) < 4.78 is 0. The smallest absolute Gasteiger partial charge is 0.227 e. The van der Waals surface area contributed by atoms with Crippen LogP contribution < -0.4 is 10.6 Å². The van der Waals surface area contributed by atoms with E-state index in [0.717, 1.165) is 39.0 Å². The zero-order chi connectivity index (χ0) is 16.7. The molecule has 0 saturated carbocycles. The molecule has 4 nitrogen and oxygen atoms in total. The van der Waals surface area contributed by atoms with Gasteiger partial charge in [0.1, 0.15) is 0 Å².